The van der Waals surface area contributed by atoms with Crippen LogP contribution >= 0.6 is 11.6 Å². The third-order valence-corrected chi connectivity index (χ3v) is 2.99. The van der Waals surface area contributed by atoms with Gasteiger partial charge in [0.25, 0.3) is 10.0 Å². The van der Waals surface area contributed by atoms with E-state index in [0.29, 0.717) is 6.42 Å². The van der Waals surface area contributed by atoms with Crippen LogP contribution in [0.5, 0.6) is 0 Å². The molecule has 0 fully saturated rings. The van der Waals surface area contributed by atoms with Gasteiger partial charge < -0.3 is 5.32 Å². The van der Waals surface area contributed by atoms with E-state index < -0.39 is 50.1 Å². The molecular weight excluding hydrogens is 264 g/mol. The molecule has 1 aromatic carbocycles. The van der Waals surface area contributed by atoms with Gasteiger partial charge in [-0.05, 0) is 30.6 Å². The Labute approximate surface area is 111 Å². The first-order valence-electron chi connectivity index (χ1n) is 6.70. The minimum atomic E-state index is -4.55. The smallest absolute Gasteiger partial charge is 0.328 e. The summed E-state index contributed by atoms with van der Waals surface area (Å²) in [6.45, 7) is 2.02. The molecule has 17 heavy (non-hydrogen) atoms. The zero-order chi connectivity index (χ0) is 16.4. The van der Waals surface area contributed by atoms with E-state index in [1.54, 1.807) is 11.6 Å². The minimum Gasteiger partial charge on any atom is -0.337 e. The summed E-state index contributed by atoms with van der Waals surface area (Å²) in [5.74, 6) is 0. The number of hydrogen-bond donors (Lipinski definition) is 2. The molecule has 1 aromatic rings. The monoisotopic (exact) mass is 280 g/mol. The van der Waals surface area contributed by atoms with Gasteiger partial charge in [-0.3, -0.25) is 0 Å². The summed E-state index contributed by atoms with van der Waals surface area (Å²) in [5, 5.41) is 1.78. The van der Waals surface area contributed by atoms with Crippen LogP contribution in [-0.2, 0) is 10.0 Å². The molecule has 0 spiro atoms. The van der Waals surface area contributed by atoms with Crippen molar-refractivity contribution >= 4 is 27.7 Å². The molecule has 0 unspecified atom stereocenters. The zero-order valence-corrected chi connectivity index (χ0v) is 10.5. The first kappa shape index (κ1) is 8.77. The van der Waals surface area contributed by atoms with E-state index in [1.165, 1.54) is 0 Å². The summed E-state index contributed by atoms with van der Waals surface area (Å²) in [7, 11) is -4.55. The zero-order valence-electron chi connectivity index (χ0n) is 12.9. The highest BCUT2D eigenvalue weighted by Gasteiger charge is 2.16. The van der Waals surface area contributed by atoms with Crippen LogP contribution in [0.3, 0.4) is 0 Å². The van der Waals surface area contributed by atoms with Gasteiger partial charge in [0.1, 0.15) is 0 Å². The van der Waals surface area contributed by atoms with Gasteiger partial charge in [0.15, 0.2) is 0 Å². The van der Waals surface area contributed by atoms with Crippen LogP contribution in [0, 0.1) is 0 Å². The molecule has 94 valence electrons. The molecule has 0 aliphatic rings. The quantitative estimate of drug-likeness (QED) is 0.882. The number of benzene rings is 1. The van der Waals surface area contributed by atoms with E-state index in [2.05, 4.69) is 5.32 Å². The second-order valence-corrected chi connectivity index (χ2v) is 5.00. The van der Waals surface area contributed by atoms with Crippen LogP contribution in [0.4, 0.5) is 4.79 Å². The Bertz CT molecular complexity index is 652. The molecule has 0 saturated heterocycles. The molecule has 0 aliphatic carbocycles. The molecule has 0 aromatic heterocycles. The number of halogens is 1. The average Bonchev–Trinajstić information content (AvgIpc) is 2.40. The van der Waals surface area contributed by atoms with Crippen molar-refractivity contribution in [3.8, 4) is 0 Å². The van der Waals surface area contributed by atoms with Crippen molar-refractivity contribution in [2.45, 2.75) is 18.2 Å². The van der Waals surface area contributed by atoms with Crippen LogP contribution in [0.15, 0.2) is 29.1 Å². The number of carbonyl (C=O) groups excluding carboxylic acids is 1. The van der Waals surface area contributed by atoms with E-state index in [0.717, 1.165) is 0 Å². The molecule has 2 amide bonds. The number of urea groups is 1. The van der Waals surface area contributed by atoms with Gasteiger partial charge >= 0.3 is 6.03 Å². The number of hydrogen-bond acceptors (Lipinski definition) is 3. The summed E-state index contributed by atoms with van der Waals surface area (Å²) in [5.41, 5.74) is 0. The highest BCUT2D eigenvalue weighted by molar-refractivity contribution is 7.90. The van der Waals surface area contributed by atoms with E-state index >= 15 is 0 Å². The largest absolute Gasteiger partial charge is 0.337 e. The predicted molar refractivity (Wildman–Crippen MR) is 65.5 cm³/mol. The Morgan fingerprint density at radius 2 is 2.00 bits per heavy atom. The van der Waals surface area contributed by atoms with E-state index in [4.69, 9.17) is 17.1 Å². The standard InChI is InChI=1S/C10H13ClN2O3S/c1-2-7-12-10(14)13-17(15,16)9-5-3-8(11)4-6-9/h3-6H,2,7H2,1H3,(H2,12,13,14)/i3D,4D,5D,6D. The Hall–Kier alpha value is -1.27. The fourth-order valence-corrected chi connectivity index (χ4v) is 1.75. The van der Waals surface area contributed by atoms with E-state index in [9.17, 15) is 13.2 Å². The molecule has 2 N–H and O–H groups in total. The van der Waals surface area contributed by atoms with E-state index in [1.807, 2.05) is 0 Å². The molecule has 0 heterocycles. The van der Waals surface area contributed by atoms with Crippen LogP contribution in [-0.4, -0.2) is 21.0 Å². The lowest BCUT2D eigenvalue weighted by Gasteiger charge is -2.07. The maximum atomic E-state index is 12.0. The number of sulfonamides is 1. The van der Waals surface area contributed by atoms with Crippen LogP contribution < -0.4 is 10.0 Å². The van der Waals surface area contributed by atoms with Crippen molar-refractivity contribution in [2.24, 2.45) is 0 Å². The molecule has 0 atom stereocenters. The van der Waals surface area contributed by atoms with Crippen molar-refractivity contribution in [3.63, 3.8) is 0 Å². The van der Waals surface area contributed by atoms with Crippen LogP contribution in [0.25, 0.3) is 0 Å². The maximum Gasteiger partial charge on any atom is 0.328 e. The summed E-state index contributed by atoms with van der Waals surface area (Å²) >= 11 is 5.58. The SMILES string of the molecule is [2H]c1c([2H])c(S(=O)(=O)NC(=O)NCCC)c([2H])c([2H])c1Cl. The van der Waals surface area contributed by atoms with Gasteiger partial charge in [-0.25, -0.2) is 17.9 Å². The minimum absolute atomic E-state index is 0.247. The normalized spacial score (nSPS) is 14.2. The van der Waals surface area contributed by atoms with Gasteiger partial charge in [-0.2, -0.15) is 0 Å². The lowest BCUT2D eigenvalue weighted by Crippen LogP contribution is -2.39. The van der Waals surface area contributed by atoms with Gasteiger partial charge in [-0.15, -0.1) is 0 Å². The molecule has 0 bridgehead atoms. The van der Waals surface area contributed by atoms with E-state index in [-0.39, 0.29) is 6.54 Å². The molecule has 7 heteroatoms. The number of rotatable bonds is 4. The third-order valence-electron chi connectivity index (χ3n) is 1.60. The molecule has 0 saturated carbocycles. The van der Waals surface area contributed by atoms with Crippen LogP contribution in [0.2, 0.25) is 5.02 Å². The molecule has 5 nitrogen and oxygen atoms in total. The lowest BCUT2D eigenvalue weighted by molar-refractivity contribution is 0.246. The summed E-state index contributed by atoms with van der Waals surface area (Å²) < 4.78 is 55.8. The van der Waals surface area contributed by atoms with Crippen molar-refractivity contribution < 1.29 is 18.7 Å². The molecule has 0 radical (unpaired) electrons. The highest BCUT2D eigenvalue weighted by atomic mass is 35.5. The highest BCUT2D eigenvalue weighted by Crippen LogP contribution is 2.13. The summed E-state index contributed by atoms with van der Waals surface area (Å²) in [6, 6.07) is -4.06. The van der Waals surface area contributed by atoms with Crippen molar-refractivity contribution in [3.05, 3.63) is 29.2 Å². The Morgan fingerprint density at radius 3 is 2.53 bits per heavy atom. The van der Waals surface area contributed by atoms with Crippen LogP contribution in [0.1, 0.15) is 18.8 Å². The van der Waals surface area contributed by atoms with Crippen molar-refractivity contribution in [1.29, 1.82) is 0 Å². The fraction of sp³-hybridized carbons (Fsp3) is 0.300. The van der Waals surface area contributed by atoms with Crippen molar-refractivity contribution in [1.82, 2.24) is 10.0 Å². The summed E-state index contributed by atoms with van der Waals surface area (Å²) in [4.78, 5) is 10.5. The van der Waals surface area contributed by atoms with Gasteiger partial charge in [0.2, 0.25) is 0 Å². The number of carbonyl (C=O) groups is 1. The van der Waals surface area contributed by atoms with Gasteiger partial charge in [0, 0.05) is 11.6 Å². The predicted octanol–water partition coefficient (Wildman–Crippen LogP) is 1.74. The fourth-order valence-electron chi connectivity index (χ4n) is 0.868. The second-order valence-electron chi connectivity index (χ2n) is 3.00. The lowest BCUT2D eigenvalue weighted by atomic mass is 10.4. The first-order valence-corrected chi connectivity index (χ1v) is 6.56. The van der Waals surface area contributed by atoms with Crippen molar-refractivity contribution in [2.75, 3.05) is 6.54 Å². The second kappa shape index (κ2) is 5.88. The van der Waals surface area contributed by atoms with Gasteiger partial charge in [-0.1, -0.05) is 18.5 Å². The third kappa shape index (κ3) is 4.24. The number of amides is 2. The Balaban J connectivity index is 3.30. The topological polar surface area (TPSA) is 75.3 Å². The summed E-state index contributed by atoms with van der Waals surface area (Å²) in [6.07, 6.45) is 0.593. The average molecular weight is 281 g/mol. The Kier molecular flexibility index (Phi) is 3.03. The number of nitrogens with one attached hydrogen (secondary N) is 2. The van der Waals surface area contributed by atoms with Gasteiger partial charge in [0.05, 0.1) is 10.4 Å². The first-order chi connectivity index (χ1) is 9.63. The maximum absolute atomic E-state index is 12.0. The molecule has 0 aliphatic heterocycles. The molecule has 1 rings (SSSR count). The molecular formula is C10H13ClN2O3S. The Morgan fingerprint density at radius 1 is 1.41 bits per heavy atom.